The molecule has 0 aromatic carbocycles. The molecule has 0 N–H and O–H groups in total. The summed E-state index contributed by atoms with van der Waals surface area (Å²) in [4.78, 5) is 3.78. The molecule has 0 aliphatic rings. The SMILES string of the molecule is Cc1ncc(C(F)F)c(Cl)c1CCl. The number of aryl methyl sites for hydroxylation is 1. The van der Waals surface area contributed by atoms with E-state index >= 15 is 0 Å². The van der Waals surface area contributed by atoms with E-state index in [-0.39, 0.29) is 16.5 Å². The van der Waals surface area contributed by atoms with Crippen molar-refractivity contribution in [3.05, 3.63) is 28.0 Å². The predicted molar refractivity (Wildman–Crippen MR) is 48.5 cm³/mol. The Morgan fingerprint density at radius 3 is 2.62 bits per heavy atom. The third-order valence-corrected chi connectivity index (χ3v) is 2.43. The molecule has 0 bridgehead atoms. The van der Waals surface area contributed by atoms with Crippen molar-refractivity contribution in [2.75, 3.05) is 0 Å². The molecule has 0 spiro atoms. The van der Waals surface area contributed by atoms with Gasteiger partial charge in [0.1, 0.15) is 0 Å². The molecule has 1 aromatic heterocycles. The first-order chi connectivity index (χ1) is 6.07. The van der Waals surface area contributed by atoms with Crippen molar-refractivity contribution in [1.29, 1.82) is 0 Å². The van der Waals surface area contributed by atoms with Gasteiger partial charge < -0.3 is 0 Å². The molecule has 1 heterocycles. The summed E-state index contributed by atoms with van der Waals surface area (Å²) >= 11 is 11.2. The number of pyridine rings is 1. The maximum absolute atomic E-state index is 12.3. The van der Waals surface area contributed by atoms with Crippen LogP contribution in [0.3, 0.4) is 0 Å². The van der Waals surface area contributed by atoms with Gasteiger partial charge in [0.15, 0.2) is 0 Å². The summed E-state index contributed by atoms with van der Waals surface area (Å²) in [6, 6.07) is 0. The molecule has 0 aliphatic carbocycles. The van der Waals surface area contributed by atoms with Gasteiger partial charge in [-0.25, -0.2) is 8.78 Å². The summed E-state index contributed by atoms with van der Waals surface area (Å²) in [6.07, 6.45) is -1.53. The highest BCUT2D eigenvalue weighted by molar-refractivity contribution is 6.33. The molecule has 0 atom stereocenters. The molecule has 5 heteroatoms. The first-order valence-electron chi connectivity index (χ1n) is 3.56. The van der Waals surface area contributed by atoms with Crippen molar-refractivity contribution in [2.24, 2.45) is 0 Å². The van der Waals surface area contributed by atoms with E-state index in [1.54, 1.807) is 6.92 Å². The Hall–Kier alpha value is -0.410. The Morgan fingerprint density at radius 2 is 2.15 bits per heavy atom. The van der Waals surface area contributed by atoms with Gasteiger partial charge in [-0.05, 0) is 6.92 Å². The van der Waals surface area contributed by atoms with Crippen LogP contribution >= 0.6 is 23.2 Å². The summed E-state index contributed by atoms with van der Waals surface area (Å²) in [5, 5.41) is 0.0255. The zero-order chi connectivity index (χ0) is 10.0. The summed E-state index contributed by atoms with van der Waals surface area (Å²) in [7, 11) is 0. The lowest BCUT2D eigenvalue weighted by molar-refractivity contribution is 0.151. The smallest absolute Gasteiger partial charge is 0.261 e. The highest BCUT2D eigenvalue weighted by Gasteiger charge is 2.16. The minimum Gasteiger partial charge on any atom is -0.261 e. The maximum Gasteiger partial charge on any atom is 0.266 e. The van der Waals surface area contributed by atoms with Crippen LogP contribution in [0.4, 0.5) is 8.78 Å². The largest absolute Gasteiger partial charge is 0.266 e. The molecule has 1 rings (SSSR count). The van der Waals surface area contributed by atoms with E-state index in [4.69, 9.17) is 23.2 Å². The highest BCUT2D eigenvalue weighted by Crippen LogP contribution is 2.30. The Kier molecular flexibility index (Phi) is 3.45. The molecule has 1 aromatic rings. The Morgan fingerprint density at radius 1 is 1.54 bits per heavy atom. The van der Waals surface area contributed by atoms with Crippen LogP contribution in [0.1, 0.15) is 23.2 Å². The fourth-order valence-electron chi connectivity index (χ4n) is 0.942. The fraction of sp³-hybridized carbons (Fsp3) is 0.375. The second-order valence-electron chi connectivity index (χ2n) is 2.53. The number of alkyl halides is 3. The van der Waals surface area contributed by atoms with E-state index in [1.807, 2.05) is 0 Å². The molecular formula is C8H7Cl2F2N. The van der Waals surface area contributed by atoms with E-state index < -0.39 is 6.43 Å². The number of rotatable bonds is 2. The second-order valence-corrected chi connectivity index (χ2v) is 3.17. The second kappa shape index (κ2) is 4.20. The number of aromatic nitrogens is 1. The summed E-state index contributed by atoms with van der Waals surface area (Å²) in [5.41, 5.74) is 0.799. The van der Waals surface area contributed by atoms with Crippen molar-refractivity contribution in [3.63, 3.8) is 0 Å². The average molecular weight is 226 g/mol. The zero-order valence-corrected chi connectivity index (χ0v) is 8.33. The Bertz CT molecular complexity index is 315. The first-order valence-corrected chi connectivity index (χ1v) is 4.47. The van der Waals surface area contributed by atoms with E-state index in [2.05, 4.69) is 4.98 Å². The highest BCUT2D eigenvalue weighted by atomic mass is 35.5. The van der Waals surface area contributed by atoms with Gasteiger partial charge in [0, 0.05) is 17.5 Å². The molecule has 72 valence electrons. The third-order valence-electron chi connectivity index (χ3n) is 1.72. The lowest BCUT2D eigenvalue weighted by Gasteiger charge is -2.08. The molecule has 0 unspecified atom stereocenters. The zero-order valence-electron chi connectivity index (χ0n) is 6.82. The molecule has 0 saturated carbocycles. The molecule has 1 nitrogen and oxygen atoms in total. The minimum atomic E-state index is -2.61. The molecule has 0 saturated heterocycles. The van der Waals surface area contributed by atoms with E-state index in [0.29, 0.717) is 11.3 Å². The maximum atomic E-state index is 12.3. The number of halogens is 4. The first kappa shape index (κ1) is 10.7. The number of hydrogen-bond donors (Lipinski definition) is 0. The van der Waals surface area contributed by atoms with Crippen LogP contribution in [0.15, 0.2) is 6.20 Å². The summed E-state index contributed by atoms with van der Waals surface area (Å²) in [5.74, 6) is 0.0955. The molecule has 13 heavy (non-hydrogen) atoms. The third kappa shape index (κ3) is 2.09. The lowest BCUT2D eigenvalue weighted by atomic mass is 10.1. The van der Waals surface area contributed by atoms with Gasteiger partial charge in [-0.15, -0.1) is 11.6 Å². The van der Waals surface area contributed by atoms with Gasteiger partial charge in [0.2, 0.25) is 0 Å². The van der Waals surface area contributed by atoms with Crippen molar-refractivity contribution in [1.82, 2.24) is 4.98 Å². The molecule has 0 radical (unpaired) electrons. The molecule has 0 aliphatic heterocycles. The van der Waals surface area contributed by atoms with Gasteiger partial charge in [-0.1, -0.05) is 11.6 Å². The van der Waals surface area contributed by atoms with Crippen LogP contribution in [0.25, 0.3) is 0 Å². The summed E-state index contributed by atoms with van der Waals surface area (Å²) < 4.78 is 24.6. The van der Waals surface area contributed by atoms with Gasteiger partial charge in [-0.3, -0.25) is 4.98 Å². The van der Waals surface area contributed by atoms with Gasteiger partial charge in [0.05, 0.1) is 16.5 Å². The van der Waals surface area contributed by atoms with Crippen molar-refractivity contribution in [3.8, 4) is 0 Å². The quantitative estimate of drug-likeness (QED) is 0.700. The van der Waals surface area contributed by atoms with Crippen LogP contribution < -0.4 is 0 Å². The predicted octanol–water partition coefficient (Wildman–Crippen LogP) is 3.72. The van der Waals surface area contributed by atoms with Crippen LogP contribution in [-0.4, -0.2) is 4.98 Å². The van der Waals surface area contributed by atoms with E-state index in [1.165, 1.54) is 0 Å². The molecule has 0 fully saturated rings. The number of nitrogens with zero attached hydrogens (tertiary/aromatic N) is 1. The lowest BCUT2D eigenvalue weighted by Crippen LogP contribution is -1.97. The molecular weight excluding hydrogens is 219 g/mol. The van der Waals surface area contributed by atoms with Crippen LogP contribution in [-0.2, 0) is 5.88 Å². The average Bonchev–Trinajstić information content (AvgIpc) is 2.04. The van der Waals surface area contributed by atoms with Crippen LogP contribution in [0, 0.1) is 6.92 Å². The van der Waals surface area contributed by atoms with Crippen molar-refractivity contribution < 1.29 is 8.78 Å². The van der Waals surface area contributed by atoms with Gasteiger partial charge in [0.25, 0.3) is 6.43 Å². The van der Waals surface area contributed by atoms with Crippen LogP contribution in [0.5, 0.6) is 0 Å². The van der Waals surface area contributed by atoms with Gasteiger partial charge >= 0.3 is 0 Å². The van der Waals surface area contributed by atoms with Crippen molar-refractivity contribution in [2.45, 2.75) is 19.2 Å². The van der Waals surface area contributed by atoms with Crippen LogP contribution in [0.2, 0.25) is 5.02 Å². The topological polar surface area (TPSA) is 12.9 Å². The molecule has 0 amide bonds. The van der Waals surface area contributed by atoms with E-state index in [0.717, 1.165) is 6.20 Å². The normalized spacial score (nSPS) is 10.9. The van der Waals surface area contributed by atoms with Gasteiger partial charge in [-0.2, -0.15) is 0 Å². The Labute approximate surface area is 84.7 Å². The standard InChI is InChI=1S/C8H7Cl2F2N/c1-4-5(2-9)7(10)6(3-13-4)8(11)12/h3,8H,2H2,1H3. The van der Waals surface area contributed by atoms with Crippen molar-refractivity contribution >= 4 is 23.2 Å². The minimum absolute atomic E-state index is 0.0255. The number of hydrogen-bond acceptors (Lipinski definition) is 1. The fourth-order valence-corrected chi connectivity index (χ4v) is 1.67. The Balaban J connectivity index is 3.27. The van der Waals surface area contributed by atoms with E-state index in [9.17, 15) is 8.78 Å². The summed E-state index contributed by atoms with van der Waals surface area (Å²) in [6.45, 7) is 1.68. The monoisotopic (exact) mass is 225 g/mol.